The van der Waals surface area contributed by atoms with E-state index in [-0.39, 0.29) is 23.9 Å². The number of carbonyl (C=O) groups excluding carboxylic acids is 1. The van der Waals surface area contributed by atoms with E-state index in [1.807, 2.05) is 42.2 Å². The van der Waals surface area contributed by atoms with E-state index in [2.05, 4.69) is 30.1 Å². The van der Waals surface area contributed by atoms with Crippen molar-refractivity contribution in [3.8, 4) is 0 Å². The highest BCUT2D eigenvalue weighted by molar-refractivity contribution is 5.95. The summed E-state index contributed by atoms with van der Waals surface area (Å²) in [5.74, 6) is 1.27. The topological polar surface area (TPSA) is 77.1 Å². The second kappa shape index (κ2) is 8.37. The van der Waals surface area contributed by atoms with Crippen molar-refractivity contribution in [2.24, 2.45) is 5.92 Å². The molecule has 0 spiro atoms. The maximum absolute atomic E-state index is 13.8. The molecule has 0 bridgehead atoms. The molecule has 2 aliphatic rings. The maximum Gasteiger partial charge on any atom is 0.252 e. The minimum atomic E-state index is -0.164. The van der Waals surface area contributed by atoms with Gasteiger partial charge in [0.05, 0.1) is 12.4 Å². The highest BCUT2D eigenvalue weighted by Crippen LogP contribution is 2.37. The third-order valence-corrected chi connectivity index (χ3v) is 6.95. The fourth-order valence-electron chi connectivity index (χ4n) is 4.91. The van der Waals surface area contributed by atoms with Crippen LogP contribution in [0.4, 0.5) is 0 Å². The monoisotopic (exact) mass is 431 g/mol. The van der Waals surface area contributed by atoms with Gasteiger partial charge in [0.1, 0.15) is 11.6 Å². The molecule has 0 radical (unpaired) electrons. The summed E-state index contributed by atoms with van der Waals surface area (Å²) in [4.78, 5) is 22.2. The Kier molecular flexibility index (Phi) is 5.41. The number of oxazole rings is 1. The van der Waals surface area contributed by atoms with Crippen LogP contribution in [0.3, 0.4) is 0 Å². The largest absolute Gasteiger partial charge is 0.440 e. The lowest BCUT2D eigenvalue weighted by Crippen LogP contribution is -2.48. The first kappa shape index (κ1) is 20.7. The van der Waals surface area contributed by atoms with Crippen LogP contribution in [-0.2, 0) is 4.79 Å². The summed E-state index contributed by atoms with van der Waals surface area (Å²) in [7, 11) is 0. The molecular formula is C25H29N5O2. The molecule has 1 amide bonds. The average Bonchev–Trinajstić information content (AvgIpc) is 3.48. The molecule has 7 nitrogen and oxygen atoms in total. The number of hydrogen-bond acceptors (Lipinski definition) is 5. The van der Waals surface area contributed by atoms with Gasteiger partial charge in [-0.2, -0.15) is 15.0 Å². The van der Waals surface area contributed by atoms with Gasteiger partial charge in [-0.3, -0.25) is 4.79 Å². The van der Waals surface area contributed by atoms with Gasteiger partial charge >= 0.3 is 0 Å². The lowest BCUT2D eigenvalue weighted by atomic mass is 9.83. The molecule has 0 saturated carbocycles. The summed E-state index contributed by atoms with van der Waals surface area (Å²) in [5, 5.41) is 8.62. The normalized spacial score (nSPS) is 24.8. The summed E-state index contributed by atoms with van der Waals surface area (Å²) < 4.78 is 6.05. The molecule has 7 heteroatoms. The van der Waals surface area contributed by atoms with Crippen molar-refractivity contribution in [3.63, 3.8) is 0 Å². The number of hydrogen-bond donors (Lipinski definition) is 0. The predicted molar refractivity (Wildman–Crippen MR) is 122 cm³/mol. The summed E-state index contributed by atoms with van der Waals surface area (Å²) >= 11 is 0. The van der Waals surface area contributed by atoms with Crippen LogP contribution in [0, 0.1) is 5.92 Å². The minimum absolute atomic E-state index is 0.0849. The first-order chi connectivity index (χ1) is 15.5. The first-order valence-electron chi connectivity index (χ1n) is 11.4. The molecule has 3 heterocycles. The Bertz CT molecular complexity index is 1140. The van der Waals surface area contributed by atoms with Crippen LogP contribution in [0.2, 0.25) is 0 Å². The second-order valence-electron chi connectivity index (χ2n) is 9.10. The number of rotatable bonds is 4. The number of allylic oxidation sites excluding steroid dienone is 3. The zero-order chi connectivity index (χ0) is 22.2. The van der Waals surface area contributed by atoms with Crippen LogP contribution in [0.25, 0.3) is 11.1 Å². The predicted octanol–water partition coefficient (Wildman–Crippen LogP) is 4.67. The number of benzene rings is 1. The molecule has 166 valence electrons. The Morgan fingerprint density at radius 2 is 1.97 bits per heavy atom. The number of piperidine rings is 1. The SMILES string of the molecule is CC1=CCC(n2nccn2)C(C(=O)N2C[C@H]([C@H](C)c3nc4ccccc4o3)CC[C@H]2C)=C1. The number of para-hydroxylation sites is 2. The number of likely N-dealkylation sites (tertiary alicyclic amines) is 1. The summed E-state index contributed by atoms with van der Waals surface area (Å²) in [6, 6.07) is 7.89. The molecule has 2 aromatic heterocycles. The Labute approximate surface area is 187 Å². The smallest absolute Gasteiger partial charge is 0.252 e. The third kappa shape index (κ3) is 3.76. The zero-order valence-electron chi connectivity index (χ0n) is 18.8. The maximum atomic E-state index is 13.8. The van der Waals surface area contributed by atoms with Gasteiger partial charge in [-0.1, -0.05) is 30.7 Å². The van der Waals surface area contributed by atoms with Crippen molar-refractivity contribution in [2.75, 3.05) is 6.54 Å². The quantitative estimate of drug-likeness (QED) is 0.600. The Balaban J connectivity index is 1.38. The van der Waals surface area contributed by atoms with E-state index >= 15 is 0 Å². The lowest BCUT2D eigenvalue weighted by molar-refractivity contribution is -0.132. The Hall–Kier alpha value is -3.22. The molecule has 3 aromatic rings. The van der Waals surface area contributed by atoms with Gasteiger partial charge in [0.25, 0.3) is 5.91 Å². The molecule has 1 unspecified atom stereocenters. The molecule has 1 aromatic carbocycles. The van der Waals surface area contributed by atoms with Crippen molar-refractivity contribution in [1.29, 1.82) is 0 Å². The first-order valence-corrected chi connectivity index (χ1v) is 11.4. The van der Waals surface area contributed by atoms with E-state index in [1.54, 1.807) is 17.2 Å². The highest BCUT2D eigenvalue weighted by atomic mass is 16.3. The summed E-state index contributed by atoms with van der Waals surface area (Å²) in [6.07, 6.45) is 10.2. The molecule has 1 saturated heterocycles. The number of fused-ring (bicyclic) bond motifs is 1. The van der Waals surface area contributed by atoms with Crippen molar-refractivity contribution < 1.29 is 9.21 Å². The van der Waals surface area contributed by atoms with E-state index in [9.17, 15) is 4.79 Å². The summed E-state index contributed by atoms with van der Waals surface area (Å²) in [6.45, 7) is 7.04. The third-order valence-electron chi connectivity index (χ3n) is 6.95. The van der Waals surface area contributed by atoms with E-state index in [1.165, 1.54) is 0 Å². The van der Waals surface area contributed by atoms with Crippen molar-refractivity contribution >= 4 is 17.0 Å². The van der Waals surface area contributed by atoms with Gasteiger partial charge in [-0.25, -0.2) is 4.98 Å². The molecular weight excluding hydrogens is 402 g/mol. The van der Waals surface area contributed by atoms with Crippen molar-refractivity contribution in [2.45, 2.75) is 58.0 Å². The van der Waals surface area contributed by atoms with Gasteiger partial charge in [0.2, 0.25) is 0 Å². The van der Waals surface area contributed by atoms with Gasteiger partial charge in [0, 0.05) is 24.1 Å². The van der Waals surface area contributed by atoms with E-state index in [0.29, 0.717) is 12.5 Å². The fraction of sp³-hybridized carbons (Fsp3) is 0.440. The van der Waals surface area contributed by atoms with Crippen LogP contribution >= 0.6 is 0 Å². The van der Waals surface area contributed by atoms with Gasteiger partial charge in [-0.15, -0.1) is 0 Å². The molecule has 5 rings (SSSR count). The number of nitrogens with zero attached hydrogens (tertiary/aromatic N) is 5. The number of amides is 1. The van der Waals surface area contributed by atoms with Crippen LogP contribution in [0.15, 0.2) is 64.4 Å². The van der Waals surface area contributed by atoms with E-state index in [0.717, 1.165) is 47.4 Å². The molecule has 0 N–H and O–H groups in total. The Morgan fingerprint density at radius 1 is 1.19 bits per heavy atom. The standard InChI is InChI=1S/C25H29N5O2/c1-16-8-11-22(30-26-12-13-27-30)20(14-16)25(31)29-15-19(10-9-17(29)2)18(3)24-28-21-6-4-5-7-23(21)32-24/h4-8,12-14,17-19,22H,9-11,15H2,1-3H3/t17-,18+,19-,22?/m1/s1. The van der Waals surface area contributed by atoms with Crippen LogP contribution in [0.5, 0.6) is 0 Å². The van der Waals surface area contributed by atoms with Crippen molar-refractivity contribution in [1.82, 2.24) is 24.9 Å². The zero-order valence-corrected chi connectivity index (χ0v) is 18.8. The van der Waals surface area contributed by atoms with E-state index in [4.69, 9.17) is 9.40 Å². The van der Waals surface area contributed by atoms with Gasteiger partial charge in [0.15, 0.2) is 11.5 Å². The molecule has 1 aliphatic carbocycles. The fourth-order valence-corrected chi connectivity index (χ4v) is 4.91. The van der Waals surface area contributed by atoms with Crippen LogP contribution in [0.1, 0.15) is 57.9 Å². The van der Waals surface area contributed by atoms with Gasteiger partial charge in [-0.05, 0) is 57.2 Å². The highest BCUT2D eigenvalue weighted by Gasteiger charge is 2.37. The molecule has 1 aliphatic heterocycles. The van der Waals surface area contributed by atoms with Crippen LogP contribution in [-0.4, -0.2) is 43.4 Å². The molecule has 1 fully saturated rings. The lowest BCUT2D eigenvalue weighted by Gasteiger charge is -2.41. The Morgan fingerprint density at radius 3 is 2.75 bits per heavy atom. The number of carbonyl (C=O) groups is 1. The van der Waals surface area contributed by atoms with Crippen LogP contribution < -0.4 is 0 Å². The molecule has 4 atom stereocenters. The van der Waals surface area contributed by atoms with Crippen molar-refractivity contribution in [3.05, 3.63) is 65.8 Å². The number of aromatic nitrogens is 4. The average molecular weight is 432 g/mol. The van der Waals surface area contributed by atoms with E-state index < -0.39 is 0 Å². The molecule has 32 heavy (non-hydrogen) atoms. The van der Waals surface area contributed by atoms with Gasteiger partial charge < -0.3 is 9.32 Å². The minimum Gasteiger partial charge on any atom is -0.440 e. The second-order valence-corrected chi connectivity index (χ2v) is 9.10. The summed E-state index contributed by atoms with van der Waals surface area (Å²) in [5.41, 5.74) is 3.58.